The molecule has 2 aromatic rings. The molecule has 7 heteroatoms. The largest absolute Gasteiger partial charge is 0.491 e. The maximum Gasteiger partial charge on any atom is 0.242 e. The molecule has 0 radical (unpaired) electrons. The van der Waals surface area contributed by atoms with Gasteiger partial charge in [0.05, 0.1) is 29.7 Å². The van der Waals surface area contributed by atoms with Crippen molar-refractivity contribution < 1.29 is 9.53 Å². The van der Waals surface area contributed by atoms with Crippen LogP contribution in [-0.2, 0) is 4.79 Å². The van der Waals surface area contributed by atoms with Gasteiger partial charge in [-0.1, -0.05) is 0 Å². The van der Waals surface area contributed by atoms with Crippen LogP contribution in [0.15, 0.2) is 35.6 Å². The van der Waals surface area contributed by atoms with Gasteiger partial charge in [0.25, 0.3) is 0 Å². The van der Waals surface area contributed by atoms with Gasteiger partial charge in [-0.15, -0.1) is 0 Å². The number of anilines is 1. The summed E-state index contributed by atoms with van der Waals surface area (Å²) in [6, 6.07) is 7.81. The number of amides is 1. The summed E-state index contributed by atoms with van der Waals surface area (Å²) in [7, 11) is 0. The van der Waals surface area contributed by atoms with Gasteiger partial charge in [-0.3, -0.25) is 4.79 Å². The topological polar surface area (TPSA) is 70.9 Å². The Balaban J connectivity index is 1.55. The predicted octanol–water partition coefficient (Wildman–Crippen LogP) is 2.41. The molecule has 1 fully saturated rings. The Morgan fingerprint density at radius 2 is 2.04 bits per heavy atom. The van der Waals surface area contributed by atoms with Crippen molar-refractivity contribution in [1.82, 2.24) is 14.9 Å². The second kappa shape index (κ2) is 6.98. The van der Waals surface area contributed by atoms with Gasteiger partial charge in [-0.2, -0.15) is 0 Å². The lowest BCUT2D eigenvalue weighted by Gasteiger charge is -2.34. The third-order valence-corrected chi connectivity index (χ3v) is 4.75. The highest BCUT2D eigenvalue weighted by Crippen LogP contribution is 2.35. The summed E-state index contributed by atoms with van der Waals surface area (Å²) in [6.07, 6.45) is 1.66. The first-order valence-corrected chi connectivity index (χ1v) is 9.30. The third kappa shape index (κ3) is 3.37. The lowest BCUT2D eigenvalue weighted by molar-refractivity contribution is -0.130. The molecule has 4 rings (SSSR count). The zero-order valence-corrected chi connectivity index (χ0v) is 15.8. The first-order chi connectivity index (χ1) is 13.0. The number of hydrogen-bond donors (Lipinski definition) is 0. The van der Waals surface area contributed by atoms with Crippen molar-refractivity contribution >= 4 is 23.1 Å². The standard InChI is InChI=1S/C20H23N5O2/c1-4-24-7-8-25(11-19(24)26)18-10-17(21-12-22-18)20-15-9-14(27-13(2)3)5-6-16(15)23-20/h5-6,9-10,12-13H,4,7-8,11H2,1-3H3. The average Bonchev–Trinajstić information content (AvgIpc) is 2.64. The van der Waals surface area contributed by atoms with Gasteiger partial charge >= 0.3 is 0 Å². The Kier molecular flexibility index (Phi) is 4.51. The number of nitrogens with zero attached hydrogens (tertiary/aromatic N) is 5. The van der Waals surface area contributed by atoms with Crippen molar-refractivity contribution in [1.29, 1.82) is 0 Å². The van der Waals surface area contributed by atoms with Crippen molar-refractivity contribution in [2.45, 2.75) is 26.9 Å². The van der Waals surface area contributed by atoms with Gasteiger partial charge in [0.2, 0.25) is 5.91 Å². The Hall–Kier alpha value is -2.96. The fourth-order valence-electron chi connectivity index (χ4n) is 3.36. The van der Waals surface area contributed by atoms with Crippen molar-refractivity contribution in [2.75, 3.05) is 31.1 Å². The number of carbonyl (C=O) groups excluding carboxylic acids is 1. The average molecular weight is 365 g/mol. The van der Waals surface area contributed by atoms with E-state index in [1.807, 2.05) is 54.8 Å². The van der Waals surface area contributed by atoms with Crippen LogP contribution in [-0.4, -0.2) is 58.8 Å². The van der Waals surface area contributed by atoms with E-state index >= 15 is 0 Å². The van der Waals surface area contributed by atoms with Crippen molar-refractivity contribution in [2.24, 2.45) is 4.99 Å². The second-order valence-electron chi connectivity index (χ2n) is 6.96. The highest BCUT2D eigenvalue weighted by Gasteiger charge is 2.26. The van der Waals surface area contributed by atoms with Crippen LogP contribution in [0, 0.1) is 0 Å². The lowest BCUT2D eigenvalue weighted by atomic mass is 9.99. The minimum Gasteiger partial charge on any atom is -0.491 e. The molecule has 0 aliphatic carbocycles. The number of piperazine rings is 1. The zero-order valence-electron chi connectivity index (χ0n) is 15.8. The van der Waals surface area contributed by atoms with Crippen LogP contribution in [0.5, 0.6) is 5.75 Å². The highest BCUT2D eigenvalue weighted by molar-refractivity contribution is 6.21. The van der Waals surface area contributed by atoms with E-state index in [0.717, 1.165) is 47.3 Å². The number of ether oxygens (including phenoxy) is 1. The minimum atomic E-state index is 0.119. The number of aromatic nitrogens is 2. The highest BCUT2D eigenvalue weighted by atomic mass is 16.5. The van der Waals surface area contributed by atoms with Crippen molar-refractivity contribution in [3.63, 3.8) is 0 Å². The lowest BCUT2D eigenvalue weighted by Crippen LogP contribution is -2.50. The van der Waals surface area contributed by atoms with E-state index in [9.17, 15) is 4.79 Å². The fourth-order valence-corrected chi connectivity index (χ4v) is 3.36. The van der Waals surface area contributed by atoms with Crippen LogP contribution in [0.1, 0.15) is 32.0 Å². The number of hydrogen-bond acceptors (Lipinski definition) is 6. The fraction of sp³-hybridized carbons (Fsp3) is 0.400. The van der Waals surface area contributed by atoms with E-state index in [1.54, 1.807) is 0 Å². The maximum absolute atomic E-state index is 12.2. The number of rotatable bonds is 5. The molecule has 2 aliphatic heterocycles. The Morgan fingerprint density at radius 1 is 1.19 bits per heavy atom. The van der Waals surface area contributed by atoms with Gasteiger partial charge in [0, 0.05) is 31.3 Å². The van der Waals surface area contributed by atoms with Crippen LogP contribution in [0.4, 0.5) is 11.5 Å². The molecule has 0 spiro atoms. The quantitative estimate of drug-likeness (QED) is 0.694. The molecule has 0 atom stereocenters. The number of carbonyl (C=O) groups is 1. The Bertz CT molecular complexity index is 909. The molecule has 2 aliphatic rings. The number of fused-ring (bicyclic) bond motifs is 1. The molecule has 140 valence electrons. The smallest absolute Gasteiger partial charge is 0.242 e. The summed E-state index contributed by atoms with van der Waals surface area (Å²) in [5, 5.41) is 0. The first kappa shape index (κ1) is 17.5. The molecule has 27 heavy (non-hydrogen) atoms. The predicted molar refractivity (Wildman–Crippen MR) is 104 cm³/mol. The van der Waals surface area contributed by atoms with E-state index in [2.05, 4.69) is 15.0 Å². The molecular weight excluding hydrogens is 342 g/mol. The SMILES string of the molecule is CCN1CCN(c2cc(C3=Nc4ccc(OC(C)C)cc43)ncn2)CC1=O. The number of benzene rings is 1. The molecule has 0 bridgehead atoms. The maximum atomic E-state index is 12.2. The van der Waals surface area contributed by atoms with Gasteiger partial charge in [0.15, 0.2) is 0 Å². The van der Waals surface area contributed by atoms with Gasteiger partial charge in [-0.25, -0.2) is 15.0 Å². The molecule has 1 aromatic heterocycles. The molecule has 3 heterocycles. The molecule has 7 nitrogen and oxygen atoms in total. The van der Waals surface area contributed by atoms with Gasteiger partial charge < -0.3 is 14.5 Å². The molecule has 1 saturated heterocycles. The number of aliphatic imine (C=N–C) groups is 1. The molecule has 0 N–H and O–H groups in total. The second-order valence-corrected chi connectivity index (χ2v) is 6.96. The summed E-state index contributed by atoms with van der Waals surface area (Å²) >= 11 is 0. The van der Waals surface area contributed by atoms with Crippen LogP contribution < -0.4 is 9.64 Å². The van der Waals surface area contributed by atoms with E-state index < -0.39 is 0 Å². The zero-order chi connectivity index (χ0) is 19.0. The van der Waals surface area contributed by atoms with Gasteiger partial charge in [0.1, 0.15) is 17.9 Å². The monoisotopic (exact) mass is 365 g/mol. The Labute approximate surface area is 158 Å². The van der Waals surface area contributed by atoms with E-state index in [1.165, 1.54) is 6.33 Å². The van der Waals surface area contributed by atoms with Crippen LogP contribution in [0.3, 0.4) is 0 Å². The van der Waals surface area contributed by atoms with Gasteiger partial charge in [-0.05, 0) is 39.0 Å². The molecule has 1 aromatic carbocycles. The first-order valence-electron chi connectivity index (χ1n) is 9.30. The van der Waals surface area contributed by atoms with E-state index in [0.29, 0.717) is 13.1 Å². The van der Waals surface area contributed by atoms with Crippen molar-refractivity contribution in [3.05, 3.63) is 41.9 Å². The number of likely N-dealkylation sites (N-methyl/N-ethyl adjacent to an activating group) is 1. The summed E-state index contributed by atoms with van der Waals surface area (Å²) < 4.78 is 5.78. The van der Waals surface area contributed by atoms with Crippen LogP contribution >= 0.6 is 0 Å². The van der Waals surface area contributed by atoms with E-state index in [-0.39, 0.29) is 12.0 Å². The summed E-state index contributed by atoms with van der Waals surface area (Å²) in [5.41, 5.74) is 3.57. The van der Waals surface area contributed by atoms with Crippen LogP contribution in [0.2, 0.25) is 0 Å². The normalized spacial score (nSPS) is 16.1. The molecule has 0 saturated carbocycles. The molecular formula is C20H23N5O2. The summed E-state index contributed by atoms with van der Waals surface area (Å²) in [6.45, 7) is 8.59. The van der Waals surface area contributed by atoms with E-state index in [4.69, 9.17) is 4.74 Å². The third-order valence-electron chi connectivity index (χ3n) is 4.75. The summed E-state index contributed by atoms with van der Waals surface area (Å²) in [4.78, 5) is 29.4. The minimum absolute atomic E-state index is 0.119. The van der Waals surface area contributed by atoms with Crippen molar-refractivity contribution in [3.8, 4) is 5.75 Å². The molecule has 1 amide bonds. The molecule has 0 unspecified atom stereocenters. The Morgan fingerprint density at radius 3 is 2.78 bits per heavy atom. The summed E-state index contributed by atoms with van der Waals surface area (Å²) in [5.74, 6) is 1.72. The van der Waals surface area contributed by atoms with Crippen LogP contribution in [0.25, 0.3) is 0 Å².